The van der Waals surface area contributed by atoms with Crippen LogP contribution in [-0.2, 0) is 4.79 Å². The van der Waals surface area contributed by atoms with Crippen LogP contribution in [0.2, 0.25) is 0 Å². The summed E-state index contributed by atoms with van der Waals surface area (Å²) in [6, 6.07) is 27.5. The monoisotopic (exact) mass is 372 g/mol. The molecule has 0 fully saturated rings. The molecule has 0 saturated carbocycles. The summed E-state index contributed by atoms with van der Waals surface area (Å²) in [7, 11) is 0. The molecule has 0 aromatic heterocycles. The molecule has 0 aliphatic heterocycles. The van der Waals surface area contributed by atoms with Gasteiger partial charge in [0.2, 0.25) is 0 Å². The first-order valence-corrected chi connectivity index (χ1v) is 9.46. The van der Waals surface area contributed by atoms with Crippen molar-refractivity contribution in [2.45, 2.75) is 19.8 Å². The van der Waals surface area contributed by atoms with E-state index in [9.17, 15) is 4.79 Å². The fourth-order valence-electron chi connectivity index (χ4n) is 2.89. The Hall–Kier alpha value is -3.40. The quantitative estimate of drug-likeness (QED) is 0.444. The number of hydrogen-bond acceptors (Lipinski definition) is 3. The lowest BCUT2D eigenvalue weighted by Crippen LogP contribution is -2.26. The first kappa shape index (κ1) is 19.4. The van der Waals surface area contributed by atoms with E-state index in [2.05, 4.69) is 17.5 Å². The van der Waals surface area contributed by atoms with Crippen LogP contribution in [0.4, 0.5) is 0 Å². The first-order chi connectivity index (χ1) is 13.8. The van der Waals surface area contributed by atoms with Crippen LogP contribution in [-0.4, -0.2) is 18.2 Å². The maximum absolute atomic E-state index is 12.3. The van der Waals surface area contributed by atoms with Gasteiger partial charge in [0, 0.05) is 5.56 Å². The number of carbonyl (C=O) groups is 1. The fraction of sp³-hybridized carbons (Fsp3) is 0.167. The molecule has 0 spiro atoms. The second-order valence-electron chi connectivity index (χ2n) is 6.36. The first-order valence-electron chi connectivity index (χ1n) is 9.46. The third-order valence-electron chi connectivity index (χ3n) is 4.24. The SMILES string of the molecule is CCC/C(=N\NC(=O)COc1ccccc1-c1ccccc1)c1ccccc1. The Labute approximate surface area is 165 Å². The molecule has 28 heavy (non-hydrogen) atoms. The van der Waals surface area contributed by atoms with Crippen LogP contribution in [0, 0.1) is 0 Å². The molecule has 1 amide bonds. The van der Waals surface area contributed by atoms with Gasteiger partial charge in [0.05, 0.1) is 5.71 Å². The molecule has 3 aromatic carbocycles. The molecule has 3 aromatic rings. The smallest absolute Gasteiger partial charge is 0.277 e. The molecular weight excluding hydrogens is 348 g/mol. The van der Waals surface area contributed by atoms with Crippen LogP contribution in [0.25, 0.3) is 11.1 Å². The van der Waals surface area contributed by atoms with Gasteiger partial charge in [0.25, 0.3) is 5.91 Å². The Bertz CT molecular complexity index is 922. The lowest BCUT2D eigenvalue weighted by Gasteiger charge is -2.11. The molecule has 0 radical (unpaired) electrons. The van der Waals surface area contributed by atoms with Crippen LogP contribution < -0.4 is 10.2 Å². The molecule has 3 rings (SSSR count). The van der Waals surface area contributed by atoms with Crippen molar-refractivity contribution in [3.8, 4) is 16.9 Å². The van der Waals surface area contributed by atoms with Gasteiger partial charge in [-0.2, -0.15) is 5.10 Å². The van der Waals surface area contributed by atoms with Crippen molar-refractivity contribution in [1.29, 1.82) is 0 Å². The van der Waals surface area contributed by atoms with Crippen LogP contribution in [0.1, 0.15) is 25.3 Å². The maximum atomic E-state index is 12.3. The van der Waals surface area contributed by atoms with E-state index in [1.54, 1.807) is 0 Å². The average Bonchev–Trinajstić information content (AvgIpc) is 2.76. The molecule has 0 aliphatic carbocycles. The Morgan fingerprint density at radius 1 is 0.893 bits per heavy atom. The molecule has 0 unspecified atom stereocenters. The number of amides is 1. The van der Waals surface area contributed by atoms with Crippen LogP contribution in [0.3, 0.4) is 0 Å². The van der Waals surface area contributed by atoms with E-state index in [1.807, 2.05) is 84.9 Å². The zero-order valence-corrected chi connectivity index (χ0v) is 16.0. The minimum absolute atomic E-state index is 0.0957. The minimum atomic E-state index is -0.285. The highest BCUT2D eigenvalue weighted by Crippen LogP contribution is 2.29. The van der Waals surface area contributed by atoms with E-state index >= 15 is 0 Å². The largest absolute Gasteiger partial charge is 0.483 e. The highest BCUT2D eigenvalue weighted by Gasteiger charge is 2.09. The number of benzene rings is 3. The number of para-hydroxylation sites is 1. The zero-order chi connectivity index (χ0) is 19.6. The molecule has 4 heteroatoms. The summed E-state index contributed by atoms with van der Waals surface area (Å²) in [5, 5.41) is 4.31. The number of hydrogen-bond donors (Lipinski definition) is 1. The maximum Gasteiger partial charge on any atom is 0.277 e. The summed E-state index contributed by atoms with van der Waals surface area (Å²) in [6.45, 7) is 1.99. The second-order valence-corrected chi connectivity index (χ2v) is 6.36. The normalized spacial score (nSPS) is 11.1. The van der Waals surface area contributed by atoms with E-state index in [0.717, 1.165) is 35.2 Å². The van der Waals surface area contributed by atoms with E-state index < -0.39 is 0 Å². The van der Waals surface area contributed by atoms with Crippen molar-refractivity contribution in [3.63, 3.8) is 0 Å². The Kier molecular flexibility index (Phi) is 6.96. The Balaban J connectivity index is 1.65. The third kappa shape index (κ3) is 5.30. The molecule has 0 aliphatic rings. The van der Waals surface area contributed by atoms with Gasteiger partial charge in [0.15, 0.2) is 6.61 Å². The molecule has 4 nitrogen and oxygen atoms in total. The molecule has 0 atom stereocenters. The van der Waals surface area contributed by atoms with E-state index in [4.69, 9.17) is 4.74 Å². The van der Waals surface area contributed by atoms with Gasteiger partial charge >= 0.3 is 0 Å². The van der Waals surface area contributed by atoms with Gasteiger partial charge in [-0.1, -0.05) is 92.2 Å². The predicted octanol–water partition coefficient (Wildman–Crippen LogP) is 5.05. The standard InChI is InChI=1S/C24H24N2O2/c1-2-11-22(20-14-7-4-8-15-20)25-26-24(27)18-28-23-17-10-9-16-21(23)19-12-5-3-6-13-19/h3-10,12-17H,2,11,18H2,1H3,(H,26,27)/b25-22+. The van der Waals surface area contributed by atoms with Crippen LogP contribution in [0.5, 0.6) is 5.75 Å². The van der Waals surface area contributed by atoms with Gasteiger partial charge in [-0.05, 0) is 23.6 Å². The van der Waals surface area contributed by atoms with Crippen molar-refractivity contribution in [3.05, 3.63) is 90.5 Å². The fourth-order valence-corrected chi connectivity index (χ4v) is 2.89. The number of nitrogens with one attached hydrogen (secondary N) is 1. The third-order valence-corrected chi connectivity index (χ3v) is 4.24. The molecule has 0 saturated heterocycles. The number of nitrogens with zero attached hydrogens (tertiary/aromatic N) is 1. The average molecular weight is 372 g/mol. The highest BCUT2D eigenvalue weighted by molar-refractivity contribution is 6.01. The van der Waals surface area contributed by atoms with Crippen molar-refractivity contribution >= 4 is 11.6 Å². The van der Waals surface area contributed by atoms with E-state index in [0.29, 0.717) is 5.75 Å². The molecule has 142 valence electrons. The summed E-state index contributed by atoms with van der Waals surface area (Å²) in [5.74, 6) is 0.386. The number of rotatable bonds is 8. The number of carbonyl (C=O) groups excluding carboxylic acids is 1. The van der Waals surface area contributed by atoms with Gasteiger partial charge in [-0.3, -0.25) is 4.79 Å². The lowest BCUT2D eigenvalue weighted by molar-refractivity contribution is -0.123. The summed E-state index contributed by atoms with van der Waals surface area (Å²) >= 11 is 0. The Morgan fingerprint density at radius 2 is 1.54 bits per heavy atom. The summed E-state index contributed by atoms with van der Waals surface area (Å²) in [6.07, 6.45) is 1.74. The molecular formula is C24H24N2O2. The molecule has 1 N–H and O–H groups in total. The summed E-state index contributed by atoms with van der Waals surface area (Å²) in [5.41, 5.74) is 6.50. The minimum Gasteiger partial charge on any atom is -0.483 e. The van der Waals surface area contributed by atoms with Crippen molar-refractivity contribution in [2.75, 3.05) is 6.61 Å². The summed E-state index contributed by atoms with van der Waals surface area (Å²) < 4.78 is 5.77. The molecule has 0 bridgehead atoms. The zero-order valence-electron chi connectivity index (χ0n) is 16.0. The van der Waals surface area contributed by atoms with Gasteiger partial charge in [-0.25, -0.2) is 5.43 Å². The van der Waals surface area contributed by atoms with Gasteiger partial charge < -0.3 is 4.74 Å². The lowest BCUT2D eigenvalue weighted by atomic mass is 10.1. The van der Waals surface area contributed by atoms with E-state index in [-0.39, 0.29) is 12.5 Å². The van der Waals surface area contributed by atoms with Crippen LogP contribution in [0.15, 0.2) is 90.0 Å². The van der Waals surface area contributed by atoms with Gasteiger partial charge in [0.1, 0.15) is 5.75 Å². The van der Waals surface area contributed by atoms with Crippen molar-refractivity contribution in [1.82, 2.24) is 5.43 Å². The highest BCUT2D eigenvalue weighted by atomic mass is 16.5. The van der Waals surface area contributed by atoms with Gasteiger partial charge in [-0.15, -0.1) is 0 Å². The second kappa shape index (κ2) is 10.1. The Morgan fingerprint density at radius 3 is 2.25 bits per heavy atom. The number of ether oxygens (including phenoxy) is 1. The van der Waals surface area contributed by atoms with Crippen molar-refractivity contribution < 1.29 is 9.53 Å². The van der Waals surface area contributed by atoms with E-state index in [1.165, 1.54) is 0 Å². The summed E-state index contributed by atoms with van der Waals surface area (Å²) in [4.78, 5) is 12.3. The number of hydrazone groups is 1. The molecule has 0 heterocycles. The van der Waals surface area contributed by atoms with Crippen molar-refractivity contribution in [2.24, 2.45) is 5.10 Å². The topological polar surface area (TPSA) is 50.7 Å². The van der Waals surface area contributed by atoms with Crippen LogP contribution >= 0.6 is 0 Å². The predicted molar refractivity (Wildman–Crippen MR) is 113 cm³/mol.